The number of benzene rings is 1. The molecule has 0 saturated carbocycles. The van der Waals surface area contributed by atoms with Gasteiger partial charge in [0.15, 0.2) is 0 Å². The van der Waals surface area contributed by atoms with Gasteiger partial charge in [0.2, 0.25) is 0 Å². The van der Waals surface area contributed by atoms with E-state index in [0.717, 1.165) is 12.8 Å². The fourth-order valence-electron chi connectivity index (χ4n) is 1.72. The van der Waals surface area contributed by atoms with Gasteiger partial charge in [-0.15, -0.1) is 0 Å². The van der Waals surface area contributed by atoms with Crippen LogP contribution in [0.4, 0.5) is 0 Å². The van der Waals surface area contributed by atoms with Gasteiger partial charge >= 0.3 is 0 Å². The molecule has 0 bridgehead atoms. The summed E-state index contributed by atoms with van der Waals surface area (Å²) in [5.74, 6) is 0. The zero-order chi connectivity index (χ0) is 10.9. The Kier molecular flexibility index (Phi) is 5.84. The molecule has 0 unspecified atom stereocenters. The van der Waals surface area contributed by atoms with Crippen molar-refractivity contribution in [2.24, 2.45) is 0 Å². The van der Waals surface area contributed by atoms with E-state index in [1.54, 1.807) is 0 Å². The van der Waals surface area contributed by atoms with Gasteiger partial charge in [0, 0.05) is 0 Å². The second kappa shape index (κ2) is 7.28. The third kappa shape index (κ3) is 5.41. The van der Waals surface area contributed by atoms with Crippen molar-refractivity contribution in [1.82, 2.24) is 0 Å². The third-order valence-corrected chi connectivity index (χ3v) is 2.74. The van der Waals surface area contributed by atoms with Crippen molar-refractivity contribution in [3.05, 3.63) is 48.0 Å². The maximum Gasteiger partial charge on any atom is -0.0242 e. The molecule has 0 nitrogen and oxygen atoms in total. The van der Waals surface area contributed by atoms with Crippen molar-refractivity contribution < 1.29 is 0 Å². The minimum Gasteiger partial charge on any atom is -0.0999 e. The van der Waals surface area contributed by atoms with E-state index in [1.165, 1.54) is 36.8 Å². The molecule has 0 heterocycles. The zero-order valence-corrected chi connectivity index (χ0v) is 9.84. The van der Waals surface area contributed by atoms with Crippen LogP contribution >= 0.6 is 0 Å². The van der Waals surface area contributed by atoms with Crippen LogP contribution in [0, 0.1) is 0 Å². The summed E-state index contributed by atoms with van der Waals surface area (Å²) in [5, 5.41) is 0. The summed E-state index contributed by atoms with van der Waals surface area (Å²) in [6.07, 6.45) is 7.45. The number of hydrogen-bond acceptors (Lipinski definition) is 0. The van der Waals surface area contributed by atoms with Crippen LogP contribution in [-0.4, -0.2) is 0 Å². The van der Waals surface area contributed by atoms with Crippen molar-refractivity contribution in [2.45, 2.75) is 45.4 Å². The number of allylic oxidation sites excluding steroid dienone is 1. The van der Waals surface area contributed by atoms with E-state index >= 15 is 0 Å². The lowest BCUT2D eigenvalue weighted by atomic mass is 10.0. The van der Waals surface area contributed by atoms with E-state index in [9.17, 15) is 0 Å². The quantitative estimate of drug-likeness (QED) is 0.442. The van der Waals surface area contributed by atoms with E-state index in [-0.39, 0.29) is 0 Å². The van der Waals surface area contributed by atoms with Gasteiger partial charge in [-0.25, -0.2) is 0 Å². The number of unbranched alkanes of at least 4 members (excludes halogenated alkanes) is 2. The molecule has 0 N–H and O–H groups in total. The highest BCUT2D eigenvalue weighted by atomic mass is 14.0. The van der Waals surface area contributed by atoms with Gasteiger partial charge in [0.1, 0.15) is 0 Å². The molecule has 0 saturated heterocycles. The maximum absolute atomic E-state index is 4.14. The van der Waals surface area contributed by atoms with Crippen molar-refractivity contribution in [2.75, 3.05) is 0 Å². The first-order valence-electron chi connectivity index (χ1n) is 6.03. The molecule has 0 aliphatic heterocycles. The van der Waals surface area contributed by atoms with Crippen molar-refractivity contribution in [3.8, 4) is 0 Å². The molecule has 1 rings (SSSR count). The number of hydrogen-bond donors (Lipinski definition) is 0. The van der Waals surface area contributed by atoms with E-state index < -0.39 is 0 Å². The van der Waals surface area contributed by atoms with Gasteiger partial charge in [-0.2, -0.15) is 0 Å². The summed E-state index contributed by atoms with van der Waals surface area (Å²) < 4.78 is 0. The molecule has 15 heavy (non-hydrogen) atoms. The smallest absolute Gasteiger partial charge is 0.0242 e. The third-order valence-electron chi connectivity index (χ3n) is 2.74. The lowest BCUT2D eigenvalue weighted by Crippen LogP contribution is -1.88. The Morgan fingerprint density at radius 3 is 2.47 bits per heavy atom. The Hall–Kier alpha value is -1.04. The molecular weight excluding hydrogens is 180 g/mol. The minimum atomic E-state index is 1.14. The fraction of sp³-hybridized carbons (Fsp3) is 0.467. The largest absolute Gasteiger partial charge is 0.0999 e. The molecule has 0 atom stereocenters. The Balaban J connectivity index is 2.17. The van der Waals surface area contributed by atoms with Crippen molar-refractivity contribution >= 4 is 0 Å². The lowest BCUT2D eigenvalue weighted by molar-refractivity contribution is 0.696. The lowest BCUT2D eigenvalue weighted by Gasteiger charge is -2.05. The molecule has 0 aromatic heterocycles. The molecule has 0 amide bonds. The molecule has 1 aromatic rings. The van der Waals surface area contributed by atoms with Crippen LogP contribution in [0.25, 0.3) is 0 Å². The first-order valence-corrected chi connectivity index (χ1v) is 6.03. The van der Waals surface area contributed by atoms with Crippen LogP contribution in [0.1, 0.15) is 44.6 Å². The highest BCUT2D eigenvalue weighted by molar-refractivity contribution is 5.16. The van der Waals surface area contributed by atoms with Crippen LogP contribution in [0.3, 0.4) is 0 Å². The Morgan fingerprint density at radius 2 is 1.80 bits per heavy atom. The Bertz CT molecular complexity index is 271. The van der Waals surface area contributed by atoms with E-state index in [0.29, 0.717) is 0 Å². The monoisotopic (exact) mass is 202 g/mol. The average Bonchev–Trinajstić information content (AvgIpc) is 2.28. The van der Waals surface area contributed by atoms with Crippen LogP contribution in [0.2, 0.25) is 0 Å². The average molecular weight is 202 g/mol. The minimum absolute atomic E-state index is 1.14. The normalized spacial score (nSPS) is 10.2. The van der Waals surface area contributed by atoms with Gasteiger partial charge in [-0.3, -0.25) is 0 Å². The zero-order valence-electron chi connectivity index (χ0n) is 9.84. The molecular formula is C15H22. The van der Waals surface area contributed by atoms with Crippen LogP contribution in [0.5, 0.6) is 0 Å². The fourth-order valence-corrected chi connectivity index (χ4v) is 1.72. The topological polar surface area (TPSA) is 0 Å². The summed E-state index contributed by atoms with van der Waals surface area (Å²) in [6, 6.07) is 10.7. The highest BCUT2D eigenvalue weighted by Gasteiger charge is 1.96. The van der Waals surface area contributed by atoms with Crippen LogP contribution in [-0.2, 0) is 6.42 Å². The molecule has 1 aromatic carbocycles. The summed E-state index contributed by atoms with van der Waals surface area (Å²) in [5.41, 5.74) is 2.83. The Morgan fingerprint density at radius 1 is 1.07 bits per heavy atom. The standard InChI is InChI=1S/C15H22/c1-3-4-6-9-14(2)12-13-15-10-7-5-8-11-15/h5,7-8,10-11H,2-4,6,9,12-13H2,1H3. The first kappa shape index (κ1) is 12.0. The number of aryl methyl sites for hydroxylation is 1. The van der Waals surface area contributed by atoms with Gasteiger partial charge < -0.3 is 0 Å². The molecule has 0 radical (unpaired) electrons. The molecule has 0 aliphatic rings. The summed E-state index contributed by atoms with van der Waals surface area (Å²) in [4.78, 5) is 0. The van der Waals surface area contributed by atoms with E-state index in [1.807, 2.05) is 0 Å². The van der Waals surface area contributed by atoms with Gasteiger partial charge in [-0.05, 0) is 31.2 Å². The molecule has 0 spiro atoms. The second-order valence-electron chi connectivity index (χ2n) is 4.19. The van der Waals surface area contributed by atoms with E-state index in [2.05, 4.69) is 43.8 Å². The van der Waals surface area contributed by atoms with Gasteiger partial charge in [-0.1, -0.05) is 62.2 Å². The predicted molar refractivity (Wildman–Crippen MR) is 68.0 cm³/mol. The van der Waals surface area contributed by atoms with Gasteiger partial charge in [0.25, 0.3) is 0 Å². The molecule has 0 heteroatoms. The van der Waals surface area contributed by atoms with Gasteiger partial charge in [0.05, 0.1) is 0 Å². The van der Waals surface area contributed by atoms with Crippen molar-refractivity contribution in [1.29, 1.82) is 0 Å². The summed E-state index contributed by atoms with van der Waals surface area (Å²) in [7, 11) is 0. The highest BCUT2D eigenvalue weighted by Crippen LogP contribution is 2.13. The first-order chi connectivity index (χ1) is 7.33. The Labute approximate surface area is 94.0 Å². The van der Waals surface area contributed by atoms with Crippen LogP contribution in [0.15, 0.2) is 42.5 Å². The number of rotatable bonds is 7. The molecule has 0 fully saturated rings. The SMILES string of the molecule is C=C(CCCCC)CCc1ccccc1. The van der Waals surface area contributed by atoms with Crippen molar-refractivity contribution in [3.63, 3.8) is 0 Å². The van der Waals surface area contributed by atoms with E-state index in [4.69, 9.17) is 0 Å². The van der Waals surface area contributed by atoms with Crippen LogP contribution < -0.4 is 0 Å². The summed E-state index contributed by atoms with van der Waals surface area (Å²) in [6.45, 7) is 6.38. The summed E-state index contributed by atoms with van der Waals surface area (Å²) >= 11 is 0. The molecule has 0 aliphatic carbocycles. The predicted octanol–water partition coefficient (Wildman–Crippen LogP) is 4.76. The maximum atomic E-state index is 4.14. The second-order valence-corrected chi connectivity index (χ2v) is 4.19. The molecule has 82 valence electrons.